The van der Waals surface area contributed by atoms with E-state index in [9.17, 15) is 4.79 Å². The van der Waals surface area contributed by atoms with Gasteiger partial charge in [0.15, 0.2) is 5.82 Å². The summed E-state index contributed by atoms with van der Waals surface area (Å²) in [6, 6.07) is 7.18. The van der Waals surface area contributed by atoms with Gasteiger partial charge in [-0.3, -0.25) is 4.79 Å². The fourth-order valence-corrected chi connectivity index (χ4v) is 3.32. The van der Waals surface area contributed by atoms with Crippen molar-refractivity contribution in [3.05, 3.63) is 51.9 Å². The van der Waals surface area contributed by atoms with Gasteiger partial charge in [-0.05, 0) is 37.1 Å². The van der Waals surface area contributed by atoms with Gasteiger partial charge in [-0.15, -0.1) is 11.3 Å². The molecule has 0 aliphatic heterocycles. The second-order valence-electron chi connectivity index (χ2n) is 5.52. The van der Waals surface area contributed by atoms with E-state index < -0.39 is 0 Å². The SMILES string of the molecule is O=C(NCc1ccc(-c2nc(C3CC3)no2)s1)c1cccnc1Cl. The van der Waals surface area contributed by atoms with Crippen LogP contribution in [0, 0.1) is 0 Å². The Labute approximate surface area is 146 Å². The van der Waals surface area contributed by atoms with Crippen LogP contribution in [0.4, 0.5) is 0 Å². The Morgan fingerprint density at radius 3 is 3.04 bits per heavy atom. The first kappa shape index (κ1) is 15.3. The van der Waals surface area contributed by atoms with E-state index in [2.05, 4.69) is 20.4 Å². The first-order chi connectivity index (χ1) is 11.7. The second-order valence-corrected chi connectivity index (χ2v) is 7.05. The van der Waals surface area contributed by atoms with E-state index in [1.54, 1.807) is 18.3 Å². The van der Waals surface area contributed by atoms with Gasteiger partial charge in [0.2, 0.25) is 0 Å². The standard InChI is InChI=1S/C16H13ClN4O2S/c17-13-11(2-1-7-18-13)15(22)19-8-10-5-6-12(24-10)16-20-14(21-23-16)9-3-4-9/h1-2,5-7,9H,3-4,8H2,(H,19,22). The molecule has 3 heterocycles. The Morgan fingerprint density at radius 2 is 2.25 bits per heavy atom. The number of halogens is 1. The van der Waals surface area contributed by atoms with Gasteiger partial charge in [0.1, 0.15) is 5.15 Å². The van der Waals surface area contributed by atoms with E-state index >= 15 is 0 Å². The van der Waals surface area contributed by atoms with Crippen LogP contribution in [0.3, 0.4) is 0 Å². The predicted molar refractivity (Wildman–Crippen MR) is 90.0 cm³/mol. The highest BCUT2D eigenvalue weighted by atomic mass is 35.5. The summed E-state index contributed by atoms with van der Waals surface area (Å²) in [5, 5.41) is 7.05. The van der Waals surface area contributed by atoms with Crippen LogP contribution in [-0.4, -0.2) is 21.0 Å². The second kappa shape index (κ2) is 6.33. The minimum atomic E-state index is -0.253. The van der Waals surface area contributed by atoms with Crippen LogP contribution in [0.1, 0.15) is 39.8 Å². The van der Waals surface area contributed by atoms with E-state index in [0.29, 0.717) is 23.9 Å². The van der Waals surface area contributed by atoms with Gasteiger partial charge in [0.05, 0.1) is 17.0 Å². The summed E-state index contributed by atoms with van der Waals surface area (Å²) in [6.45, 7) is 0.401. The van der Waals surface area contributed by atoms with Gasteiger partial charge >= 0.3 is 0 Å². The fraction of sp³-hybridized carbons (Fsp3) is 0.250. The van der Waals surface area contributed by atoms with E-state index in [0.717, 1.165) is 28.4 Å². The Kier molecular flexibility index (Phi) is 4.03. The van der Waals surface area contributed by atoms with Crippen molar-refractivity contribution in [1.29, 1.82) is 0 Å². The van der Waals surface area contributed by atoms with Crippen molar-refractivity contribution in [1.82, 2.24) is 20.4 Å². The van der Waals surface area contributed by atoms with Gasteiger partial charge in [0.25, 0.3) is 11.8 Å². The number of amides is 1. The summed E-state index contributed by atoms with van der Waals surface area (Å²) < 4.78 is 5.31. The Balaban J connectivity index is 1.41. The number of aromatic nitrogens is 3. The lowest BCUT2D eigenvalue weighted by Crippen LogP contribution is -2.22. The molecule has 0 saturated heterocycles. The monoisotopic (exact) mass is 360 g/mol. The highest BCUT2D eigenvalue weighted by Crippen LogP contribution is 2.39. The molecule has 6 nitrogen and oxygen atoms in total. The van der Waals surface area contributed by atoms with Crippen molar-refractivity contribution in [2.45, 2.75) is 25.3 Å². The highest BCUT2D eigenvalue weighted by Gasteiger charge is 2.29. The molecule has 1 aliphatic rings. The average molecular weight is 361 g/mol. The van der Waals surface area contributed by atoms with Crippen LogP contribution in [0.2, 0.25) is 5.15 Å². The number of hydrogen-bond acceptors (Lipinski definition) is 6. The van der Waals surface area contributed by atoms with Crippen LogP contribution in [-0.2, 0) is 6.54 Å². The predicted octanol–water partition coefficient (Wildman–Crippen LogP) is 3.65. The minimum Gasteiger partial charge on any atom is -0.347 e. The number of thiophene rings is 1. The van der Waals surface area contributed by atoms with Crippen molar-refractivity contribution < 1.29 is 9.32 Å². The molecular formula is C16H13ClN4O2S. The first-order valence-corrected chi connectivity index (χ1v) is 8.71. The minimum absolute atomic E-state index is 0.195. The molecule has 0 radical (unpaired) electrons. The lowest BCUT2D eigenvalue weighted by atomic mass is 10.2. The summed E-state index contributed by atoms with van der Waals surface area (Å²) in [4.78, 5) is 22.4. The Hall–Kier alpha value is -2.25. The largest absolute Gasteiger partial charge is 0.347 e. The van der Waals surface area contributed by atoms with Crippen molar-refractivity contribution in [3.63, 3.8) is 0 Å². The smallest absolute Gasteiger partial charge is 0.268 e. The first-order valence-electron chi connectivity index (χ1n) is 7.52. The van der Waals surface area contributed by atoms with Crippen LogP contribution in [0.5, 0.6) is 0 Å². The molecule has 0 bridgehead atoms. The molecule has 0 atom stereocenters. The zero-order chi connectivity index (χ0) is 16.5. The molecule has 1 fully saturated rings. The molecular weight excluding hydrogens is 348 g/mol. The molecule has 0 unspecified atom stereocenters. The molecule has 24 heavy (non-hydrogen) atoms. The zero-order valence-corrected chi connectivity index (χ0v) is 14.1. The van der Waals surface area contributed by atoms with Crippen LogP contribution in [0.15, 0.2) is 35.0 Å². The molecule has 8 heteroatoms. The number of carbonyl (C=O) groups excluding carboxylic acids is 1. The van der Waals surface area contributed by atoms with Crippen molar-refractivity contribution in [2.75, 3.05) is 0 Å². The van der Waals surface area contributed by atoms with Gasteiger partial charge in [-0.25, -0.2) is 4.98 Å². The maximum Gasteiger partial charge on any atom is 0.268 e. The van der Waals surface area contributed by atoms with E-state index in [4.69, 9.17) is 16.1 Å². The normalized spacial score (nSPS) is 13.9. The van der Waals surface area contributed by atoms with Crippen molar-refractivity contribution in [2.24, 2.45) is 0 Å². The van der Waals surface area contributed by atoms with Crippen LogP contribution >= 0.6 is 22.9 Å². The van der Waals surface area contributed by atoms with Crippen molar-refractivity contribution in [3.8, 4) is 10.8 Å². The number of carbonyl (C=O) groups is 1. The molecule has 4 rings (SSSR count). The maximum atomic E-state index is 12.1. The van der Waals surface area contributed by atoms with Gasteiger partial charge < -0.3 is 9.84 Å². The molecule has 3 aromatic heterocycles. The summed E-state index contributed by atoms with van der Waals surface area (Å²) in [6.07, 6.45) is 3.82. The fourth-order valence-electron chi connectivity index (χ4n) is 2.25. The number of nitrogens with one attached hydrogen (secondary N) is 1. The summed E-state index contributed by atoms with van der Waals surface area (Å²) in [7, 11) is 0. The molecule has 1 aliphatic carbocycles. The van der Waals surface area contributed by atoms with Crippen LogP contribution < -0.4 is 5.32 Å². The third-order valence-electron chi connectivity index (χ3n) is 3.68. The average Bonchev–Trinajstić information content (AvgIpc) is 3.13. The van der Waals surface area contributed by atoms with Crippen molar-refractivity contribution >= 4 is 28.8 Å². The summed E-state index contributed by atoms with van der Waals surface area (Å²) in [5.74, 6) is 1.54. The third kappa shape index (κ3) is 3.18. The van der Waals surface area contributed by atoms with Gasteiger partial charge in [0, 0.05) is 17.0 Å². The lowest BCUT2D eigenvalue weighted by Gasteiger charge is -2.04. The Morgan fingerprint density at radius 1 is 1.38 bits per heavy atom. The van der Waals surface area contributed by atoms with Gasteiger partial charge in [-0.1, -0.05) is 16.8 Å². The number of hydrogen-bond donors (Lipinski definition) is 1. The van der Waals surface area contributed by atoms with E-state index in [1.165, 1.54) is 11.3 Å². The van der Waals surface area contributed by atoms with E-state index in [-0.39, 0.29) is 11.1 Å². The number of rotatable bonds is 5. The van der Waals surface area contributed by atoms with Crippen LogP contribution in [0.25, 0.3) is 10.8 Å². The zero-order valence-electron chi connectivity index (χ0n) is 12.5. The molecule has 3 aromatic rings. The molecule has 0 spiro atoms. The molecule has 1 amide bonds. The Bertz CT molecular complexity index is 888. The number of pyridine rings is 1. The van der Waals surface area contributed by atoms with E-state index in [1.807, 2.05) is 12.1 Å². The molecule has 0 aromatic carbocycles. The topological polar surface area (TPSA) is 80.9 Å². The third-order valence-corrected chi connectivity index (χ3v) is 5.06. The quantitative estimate of drug-likeness (QED) is 0.702. The summed E-state index contributed by atoms with van der Waals surface area (Å²) in [5.41, 5.74) is 0.363. The molecule has 1 N–H and O–H groups in total. The summed E-state index contributed by atoms with van der Waals surface area (Å²) >= 11 is 7.43. The molecule has 122 valence electrons. The maximum absolute atomic E-state index is 12.1. The molecule has 1 saturated carbocycles. The van der Waals surface area contributed by atoms with Gasteiger partial charge in [-0.2, -0.15) is 4.98 Å². The highest BCUT2D eigenvalue weighted by molar-refractivity contribution is 7.15. The lowest BCUT2D eigenvalue weighted by molar-refractivity contribution is 0.0951. The number of nitrogens with zero attached hydrogens (tertiary/aromatic N) is 3.